The Balaban J connectivity index is 2.04. The van der Waals surface area contributed by atoms with Crippen LogP contribution >= 0.6 is 0 Å². The van der Waals surface area contributed by atoms with Gasteiger partial charge in [0.15, 0.2) is 0 Å². The van der Waals surface area contributed by atoms with E-state index in [0.29, 0.717) is 12.1 Å². The second-order valence-electron chi connectivity index (χ2n) is 3.64. The van der Waals surface area contributed by atoms with Gasteiger partial charge in [0.25, 0.3) is 5.91 Å². The van der Waals surface area contributed by atoms with Gasteiger partial charge in [-0.25, -0.2) is 4.98 Å². The summed E-state index contributed by atoms with van der Waals surface area (Å²) in [5.41, 5.74) is 7.87. The molecule has 17 heavy (non-hydrogen) atoms. The maximum atomic E-state index is 11.8. The normalized spacial score (nSPS) is 10.2. The van der Waals surface area contributed by atoms with Crippen molar-refractivity contribution in [1.82, 2.24) is 20.5 Å². The number of hydrogen-bond donors (Lipinski definition) is 3. The molecule has 6 nitrogen and oxygen atoms in total. The monoisotopic (exact) mass is 231 g/mol. The van der Waals surface area contributed by atoms with Crippen molar-refractivity contribution in [1.29, 1.82) is 0 Å². The van der Waals surface area contributed by atoms with Gasteiger partial charge >= 0.3 is 0 Å². The fourth-order valence-corrected chi connectivity index (χ4v) is 1.43. The molecule has 2 aromatic heterocycles. The van der Waals surface area contributed by atoms with Gasteiger partial charge in [-0.05, 0) is 19.1 Å². The third-order valence-corrected chi connectivity index (χ3v) is 2.46. The maximum absolute atomic E-state index is 11.8. The van der Waals surface area contributed by atoms with E-state index in [9.17, 15) is 4.79 Å². The number of rotatable bonds is 3. The number of anilines is 1. The summed E-state index contributed by atoms with van der Waals surface area (Å²) in [7, 11) is 0. The smallest absolute Gasteiger partial charge is 0.255 e. The number of H-pyrrole nitrogens is 1. The predicted molar refractivity (Wildman–Crippen MR) is 63.1 cm³/mol. The molecule has 0 radical (unpaired) electrons. The molecular weight excluding hydrogens is 218 g/mol. The van der Waals surface area contributed by atoms with E-state index in [1.165, 1.54) is 0 Å². The van der Waals surface area contributed by atoms with E-state index < -0.39 is 0 Å². The van der Waals surface area contributed by atoms with Crippen LogP contribution in [0.1, 0.15) is 21.6 Å². The molecule has 0 aliphatic heterocycles. The molecule has 4 N–H and O–H groups in total. The SMILES string of the molecule is Cc1[nH]ncc1CNC(=O)c1cccnc1N. The molecule has 0 fully saturated rings. The Kier molecular flexibility index (Phi) is 3.04. The van der Waals surface area contributed by atoms with Crippen molar-refractivity contribution in [3.63, 3.8) is 0 Å². The highest BCUT2D eigenvalue weighted by Crippen LogP contribution is 2.07. The zero-order chi connectivity index (χ0) is 12.3. The van der Waals surface area contributed by atoms with Gasteiger partial charge in [-0.1, -0.05) is 0 Å². The third kappa shape index (κ3) is 2.41. The number of hydrogen-bond acceptors (Lipinski definition) is 4. The zero-order valence-electron chi connectivity index (χ0n) is 9.40. The molecule has 1 amide bonds. The van der Waals surface area contributed by atoms with Crippen LogP contribution in [0.3, 0.4) is 0 Å². The van der Waals surface area contributed by atoms with E-state index in [1.54, 1.807) is 24.5 Å². The fourth-order valence-electron chi connectivity index (χ4n) is 1.43. The summed E-state index contributed by atoms with van der Waals surface area (Å²) in [6.07, 6.45) is 3.23. The molecule has 0 aliphatic carbocycles. The van der Waals surface area contributed by atoms with Gasteiger partial charge in [-0.3, -0.25) is 9.89 Å². The van der Waals surface area contributed by atoms with E-state index in [2.05, 4.69) is 20.5 Å². The quantitative estimate of drug-likeness (QED) is 0.721. The lowest BCUT2D eigenvalue weighted by Gasteiger charge is -2.05. The van der Waals surface area contributed by atoms with Gasteiger partial charge in [-0.2, -0.15) is 5.10 Å². The number of aryl methyl sites for hydroxylation is 1. The molecular formula is C11H13N5O. The molecule has 0 aliphatic rings. The fraction of sp³-hybridized carbons (Fsp3) is 0.182. The van der Waals surface area contributed by atoms with Crippen LogP contribution in [0.25, 0.3) is 0 Å². The molecule has 0 unspecified atom stereocenters. The number of carbonyl (C=O) groups excluding carboxylic acids is 1. The number of amides is 1. The largest absolute Gasteiger partial charge is 0.383 e. The first kappa shape index (κ1) is 11.1. The second-order valence-corrected chi connectivity index (χ2v) is 3.64. The molecule has 88 valence electrons. The van der Waals surface area contributed by atoms with Crippen LogP contribution in [0.5, 0.6) is 0 Å². The van der Waals surface area contributed by atoms with Crippen molar-refractivity contribution in [3.8, 4) is 0 Å². The minimum atomic E-state index is -0.240. The van der Waals surface area contributed by atoms with Crippen molar-refractivity contribution in [2.75, 3.05) is 5.73 Å². The summed E-state index contributed by atoms with van der Waals surface area (Å²) >= 11 is 0. The van der Waals surface area contributed by atoms with Crippen molar-refractivity contribution in [3.05, 3.63) is 41.3 Å². The van der Waals surface area contributed by atoms with E-state index in [-0.39, 0.29) is 11.7 Å². The topological polar surface area (TPSA) is 96.7 Å². The van der Waals surface area contributed by atoms with Crippen LogP contribution in [0, 0.1) is 6.92 Å². The van der Waals surface area contributed by atoms with Crippen molar-refractivity contribution >= 4 is 11.7 Å². The zero-order valence-corrected chi connectivity index (χ0v) is 9.40. The maximum Gasteiger partial charge on any atom is 0.255 e. The van der Waals surface area contributed by atoms with Crippen LogP contribution in [0.4, 0.5) is 5.82 Å². The van der Waals surface area contributed by atoms with Gasteiger partial charge in [0.2, 0.25) is 0 Å². The number of pyridine rings is 1. The van der Waals surface area contributed by atoms with Gasteiger partial charge < -0.3 is 11.1 Å². The average molecular weight is 231 g/mol. The predicted octanol–water partition coefficient (Wildman–Crippen LogP) is 0.625. The van der Waals surface area contributed by atoms with E-state index in [4.69, 9.17) is 5.73 Å². The van der Waals surface area contributed by atoms with Crippen LogP contribution in [-0.4, -0.2) is 21.1 Å². The second kappa shape index (κ2) is 4.65. The Morgan fingerprint density at radius 2 is 2.41 bits per heavy atom. The number of aromatic nitrogens is 3. The number of aromatic amines is 1. The van der Waals surface area contributed by atoms with Gasteiger partial charge in [-0.15, -0.1) is 0 Å². The van der Waals surface area contributed by atoms with Crippen molar-refractivity contribution < 1.29 is 4.79 Å². The molecule has 2 aromatic rings. The Hall–Kier alpha value is -2.37. The molecule has 6 heteroatoms. The number of carbonyl (C=O) groups is 1. The highest BCUT2D eigenvalue weighted by Gasteiger charge is 2.10. The molecule has 2 heterocycles. The van der Waals surface area contributed by atoms with E-state index in [0.717, 1.165) is 11.3 Å². The first-order chi connectivity index (χ1) is 8.18. The van der Waals surface area contributed by atoms with Crippen LogP contribution in [0.2, 0.25) is 0 Å². The number of nitrogens with one attached hydrogen (secondary N) is 2. The highest BCUT2D eigenvalue weighted by molar-refractivity contribution is 5.98. The Morgan fingerprint density at radius 1 is 1.59 bits per heavy atom. The van der Waals surface area contributed by atoms with Crippen molar-refractivity contribution in [2.45, 2.75) is 13.5 Å². The summed E-state index contributed by atoms with van der Waals surface area (Å²) in [4.78, 5) is 15.7. The molecule has 0 saturated heterocycles. The summed E-state index contributed by atoms with van der Waals surface area (Å²) in [6, 6.07) is 3.31. The van der Waals surface area contributed by atoms with Crippen LogP contribution in [0.15, 0.2) is 24.5 Å². The molecule has 0 saturated carbocycles. The highest BCUT2D eigenvalue weighted by atomic mass is 16.1. The first-order valence-electron chi connectivity index (χ1n) is 5.16. The minimum Gasteiger partial charge on any atom is -0.383 e. The lowest BCUT2D eigenvalue weighted by atomic mass is 10.2. The van der Waals surface area contributed by atoms with E-state index in [1.807, 2.05) is 6.92 Å². The summed E-state index contributed by atoms with van der Waals surface area (Å²) in [5, 5.41) is 9.45. The Morgan fingerprint density at radius 3 is 3.06 bits per heavy atom. The molecule has 2 rings (SSSR count). The first-order valence-corrected chi connectivity index (χ1v) is 5.16. The standard InChI is InChI=1S/C11H13N5O/c1-7-8(6-15-16-7)5-14-11(17)9-3-2-4-13-10(9)12/h2-4,6H,5H2,1H3,(H2,12,13)(H,14,17)(H,15,16). The number of nitrogens with zero attached hydrogens (tertiary/aromatic N) is 2. The Labute approximate surface area is 98.3 Å². The molecule has 0 bridgehead atoms. The summed E-state index contributed by atoms with van der Waals surface area (Å²) < 4.78 is 0. The molecule has 0 aromatic carbocycles. The third-order valence-electron chi connectivity index (χ3n) is 2.46. The Bertz CT molecular complexity index is 534. The van der Waals surface area contributed by atoms with Gasteiger partial charge in [0.05, 0.1) is 11.8 Å². The number of nitrogens with two attached hydrogens (primary N) is 1. The van der Waals surface area contributed by atoms with Gasteiger partial charge in [0.1, 0.15) is 5.82 Å². The van der Waals surface area contributed by atoms with Gasteiger partial charge in [0, 0.05) is 24.0 Å². The molecule has 0 atom stereocenters. The lowest BCUT2D eigenvalue weighted by molar-refractivity contribution is 0.0951. The van der Waals surface area contributed by atoms with Crippen molar-refractivity contribution in [2.24, 2.45) is 0 Å². The lowest BCUT2D eigenvalue weighted by Crippen LogP contribution is -2.24. The number of nitrogen functional groups attached to an aromatic ring is 1. The summed E-state index contributed by atoms with van der Waals surface area (Å²) in [5.74, 6) is -0.00915. The molecule has 0 spiro atoms. The minimum absolute atomic E-state index is 0.230. The van der Waals surface area contributed by atoms with Crippen LogP contribution < -0.4 is 11.1 Å². The average Bonchev–Trinajstić information content (AvgIpc) is 2.72. The summed E-state index contributed by atoms with van der Waals surface area (Å²) in [6.45, 7) is 2.31. The van der Waals surface area contributed by atoms with Crippen LogP contribution in [-0.2, 0) is 6.54 Å². The van der Waals surface area contributed by atoms with E-state index >= 15 is 0 Å².